The van der Waals surface area contributed by atoms with Crippen molar-refractivity contribution in [2.75, 3.05) is 0 Å². The Kier molecular flexibility index (Phi) is 4.06. The van der Waals surface area contributed by atoms with Crippen molar-refractivity contribution in [3.05, 3.63) is 65.6 Å². The fraction of sp³-hybridized carbons (Fsp3) is 0.158. The lowest BCUT2D eigenvalue weighted by Gasteiger charge is -2.09. The van der Waals surface area contributed by atoms with Gasteiger partial charge in [-0.3, -0.25) is 9.78 Å². The average Bonchev–Trinajstić information content (AvgIpc) is 2.52. The minimum atomic E-state index is -0.812. The minimum absolute atomic E-state index is 0.0988. The van der Waals surface area contributed by atoms with E-state index in [-0.39, 0.29) is 12.2 Å². The fourth-order valence-electron chi connectivity index (χ4n) is 2.68. The number of fused-ring (bicyclic) bond motifs is 1. The van der Waals surface area contributed by atoms with Gasteiger partial charge in [0.25, 0.3) is 0 Å². The Morgan fingerprint density at radius 3 is 2.74 bits per heavy atom. The molecule has 0 spiro atoms. The quantitative estimate of drug-likeness (QED) is 0.778. The summed E-state index contributed by atoms with van der Waals surface area (Å²) in [6, 6.07) is 14.2. The normalized spacial score (nSPS) is 10.9. The lowest BCUT2D eigenvalue weighted by molar-refractivity contribution is -0.136. The highest BCUT2D eigenvalue weighted by molar-refractivity contribution is 5.85. The lowest BCUT2D eigenvalue weighted by atomic mass is 10.00. The van der Waals surface area contributed by atoms with Gasteiger partial charge in [0.2, 0.25) is 0 Å². The molecule has 1 N–H and O–H groups in total. The van der Waals surface area contributed by atoms with Gasteiger partial charge in [-0.2, -0.15) is 0 Å². The molecule has 1 aromatic heterocycles. The van der Waals surface area contributed by atoms with Crippen molar-refractivity contribution in [1.82, 2.24) is 4.98 Å². The molecule has 0 aliphatic carbocycles. The van der Waals surface area contributed by atoms with Crippen molar-refractivity contribution in [3.8, 4) is 11.1 Å². The molecule has 0 aliphatic rings. The Labute approximate surface area is 133 Å². The van der Waals surface area contributed by atoms with Crippen LogP contribution in [0.25, 0.3) is 22.0 Å². The first-order valence-electron chi connectivity index (χ1n) is 7.41. The number of aliphatic carboxylic acids is 1. The maximum absolute atomic E-state index is 13.5. The second-order valence-corrected chi connectivity index (χ2v) is 5.55. The Bertz CT molecular complexity index is 890. The predicted molar refractivity (Wildman–Crippen MR) is 87.8 cm³/mol. The van der Waals surface area contributed by atoms with Crippen LogP contribution in [0.1, 0.15) is 17.7 Å². The molecule has 0 unspecified atom stereocenters. The molecule has 3 nitrogen and oxygen atoms in total. The Morgan fingerprint density at radius 2 is 2.00 bits per heavy atom. The highest BCUT2D eigenvalue weighted by atomic mass is 19.1. The van der Waals surface area contributed by atoms with Crippen LogP contribution < -0.4 is 0 Å². The van der Waals surface area contributed by atoms with Gasteiger partial charge in [-0.15, -0.1) is 0 Å². The molecule has 3 aromatic rings. The van der Waals surface area contributed by atoms with E-state index < -0.39 is 5.97 Å². The number of halogens is 1. The molecule has 0 aliphatic heterocycles. The molecule has 3 rings (SSSR count). The number of carboxylic acids is 1. The topological polar surface area (TPSA) is 50.2 Å². The summed E-state index contributed by atoms with van der Waals surface area (Å²) in [5.74, 6) is -1.09. The zero-order valence-corrected chi connectivity index (χ0v) is 12.7. The summed E-state index contributed by atoms with van der Waals surface area (Å²) >= 11 is 0. The van der Waals surface area contributed by atoms with E-state index in [4.69, 9.17) is 5.11 Å². The summed E-state index contributed by atoms with van der Waals surface area (Å²) < 4.78 is 13.5. The second kappa shape index (κ2) is 6.16. The van der Waals surface area contributed by atoms with E-state index in [1.807, 2.05) is 37.3 Å². The summed E-state index contributed by atoms with van der Waals surface area (Å²) in [6.07, 6.45) is 0.579. The van der Waals surface area contributed by atoms with Gasteiger partial charge in [0.05, 0.1) is 5.52 Å². The largest absolute Gasteiger partial charge is 0.481 e. The number of rotatable bonds is 4. The summed E-state index contributed by atoms with van der Waals surface area (Å²) in [5, 5.41) is 9.72. The van der Waals surface area contributed by atoms with Gasteiger partial charge in [-0.05, 0) is 54.8 Å². The van der Waals surface area contributed by atoms with Crippen molar-refractivity contribution in [1.29, 1.82) is 0 Å². The van der Waals surface area contributed by atoms with Crippen LogP contribution in [0, 0.1) is 12.7 Å². The molecule has 1 heterocycles. The Balaban J connectivity index is 2.05. The van der Waals surface area contributed by atoms with Gasteiger partial charge in [-0.1, -0.05) is 18.2 Å². The number of carbonyl (C=O) groups is 1. The van der Waals surface area contributed by atoms with E-state index in [9.17, 15) is 9.18 Å². The van der Waals surface area contributed by atoms with Crippen molar-refractivity contribution >= 4 is 16.9 Å². The third-order valence-corrected chi connectivity index (χ3v) is 3.83. The van der Waals surface area contributed by atoms with E-state index in [1.165, 1.54) is 12.1 Å². The number of hydrogen-bond donors (Lipinski definition) is 1. The monoisotopic (exact) mass is 309 g/mol. The van der Waals surface area contributed by atoms with Crippen molar-refractivity contribution in [2.45, 2.75) is 19.8 Å². The smallest absolute Gasteiger partial charge is 0.303 e. The average molecular weight is 309 g/mol. The molecule has 116 valence electrons. The van der Waals surface area contributed by atoms with Gasteiger partial charge in [0.15, 0.2) is 0 Å². The molecule has 2 aromatic carbocycles. The van der Waals surface area contributed by atoms with Crippen molar-refractivity contribution in [2.24, 2.45) is 0 Å². The van der Waals surface area contributed by atoms with Crippen molar-refractivity contribution < 1.29 is 14.3 Å². The number of pyridine rings is 1. The number of hydrogen-bond acceptors (Lipinski definition) is 2. The molecule has 0 radical (unpaired) electrons. The van der Waals surface area contributed by atoms with E-state index in [2.05, 4.69) is 4.98 Å². The van der Waals surface area contributed by atoms with Crippen LogP contribution >= 0.6 is 0 Å². The molecule has 0 saturated carbocycles. The molecule has 23 heavy (non-hydrogen) atoms. The molecular formula is C19H16FNO2. The molecule has 0 bridgehead atoms. The zero-order valence-electron chi connectivity index (χ0n) is 12.7. The van der Waals surface area contributed by atoms with Crippen molar-refractivity contribution in [3.63, 3.8) is 0 Å². The van der Waals surface area contributed by atoms with Crippen LogP contribution in [0.15, 0.2) is 48.5 Å². The number of aryl methyl sites for hydroxylation is 2. The molecule has 0 fully saturated rings. The summed E-state index contributed by atoms with van der Waals surface area (Å²) in [6.45, 7) is 1.90. The molecule has 0 amide bonds. The van der Waals surface area contributed by atoms with E-state index in [1.54, 1.807) is 6.07 Å². The third kappa shape index (κ3) is 3.37. The van der Waals surface area contributed by atoms with Gasteiger partial charge in [-0.25, -0.2) is 4.39 Å². The maximum Gasteiger partial charge on any atom is 0.303 e. The number of nitrogens with zero attached hydrogens (tertiary/aromatic N) is 1. The van der Waals surface area contributed by atoms with Crippen LogP contribution in [-0.2, 0) is 11.2 Å². The highest BCUT2D eigenvalue weighted by Crippen LogP contribution is 2.27. The minimum Gasteiger partial charge on any atom is -0.481 e. The zero-order chi connectivity index (χ0) is 16.4. The Hall–Kier alpha value is -2.75. The number of benzene rings is 2. The number of aromatic nitrogens is 1. The number of carboxylic acid groups (broad SMARTS) is 1. The van der Waals surface area contributed by atoms with E-state index >= 15 is 0 Å². The van der Waals surface area contributed by atoms with Crippen LogP contribution in [0.4, 0.5) is 4.39 Å². The molecular weight excluding hydrogens is 293 g/mol. The summed E-state index contributed by atoms with van der Waals surface area (Å²) in [7, 11) is 0. The van der Waals surface area contributed by atoms with Gasteiger partial charge < -0.3 is 5.11 Å². The lowest BCUT2D eigenvalue weighted by Crippen LogP contribution is -1.97. The SMILES string of the molecule is Cc1nc2ccc(CCC(=O)O)cc2cc1-c1cccc(F)c1. The standard InChI is InChI=1S/C19H16FNO2/c1-12-17(14-3-2-4-16(20)10-14)11-15-9-13(6-8-19(22)23)5-7-18(15)21-12/h2-5,7,9-11H,6,8H2,1H3,(H,22,23). The fourth-order valence-corrected chi connectivity index (χ4v) is 2.68. The second-order valence-electron chi connectivity index (χ2n) is 5.55. The first kappa shape index (κ1) is 15.2. The van der Waals surface area contributed by atoms with Crippen LogP contribution in [0.2, 0.25) is 0 Å². The third-order valence-electron chi connectivity index (χ3n) is 3.83. The first-order chi connectivity index (χ1) is 11.0. The highest BCUT2D eigenvalue weighted by Gasteiger charge is 2.08. The van der Waals surface area contributed by atoms with Crippen LogP contribution in [0.3, 0.4) is 0 Å². The van der Waals surface area contributed by atoms with E-state index in [0.29, 0.717) is 6.42 Å². The molecule has 0 saturated heterocycles. The Morgan fingerprint density at radius 1 is 1.17 bits per heavy atom. The first-order valence-corrected chi connectivity index (χ1v) is 7.41. The molecule has 0 atom stereocenters. The van der Waals surface area contributed by atoms with E-state index in [0.717, 1.165) is 33.3 Å². The van der Waals surface area contributed by atoms with Gasteiger partial charge in [0.1, 0.15) is 5.82 Å². The molecule has 4 heteroatoms. The maximum atomic E-state index is 13.5. The summed E-state index contributed by atoms with van der Waals surface area (Å²) in [4.78, 5) is 15.3. The summed E-state index contributed by atoms with van der Waals surface area (Å²) in [5.41, 5.74) is 4.30. The van der Waals surface area contributed by atoms with Gasteiger partial charge in [0, 0.05) is 23.1 Å². The van der Waals surface area contributed by atoms with Crippen LogP contribution in [-0.4, -0.2) is 16.1 Å². The predicted octanol–water partition coefficient (Wildman–Crippen LogP) is 4.37. The van der Waals surface area contributed by atoms with Gasteiger partial charge >= 0.3 is 5.97 Å². The van der Waals surface area contributed by atoms with Crippen LogP contribution in [0.5, 0.6) is 0 Å².